The lowest BCUT2D eigenvalue weighted by Crippen LogP contribution is -2.30. The van der Waals surface area contributed by atoms with Gasteiger partial charge in [0.05, 0.1) is 11.1 Å². The number of rotatable bonds is 3. The number of nitrogens with zero attached hydrogens (tertiary/aromatic N) is 1. The second kappa shape index (κ2) is 5.34. The van der Waals surface area contributed by atoms with E-state index in [1.165, 1.54) is 0 Å². The fourth-order valence-corrected chi connectivity index (χ4v) is 3.61. The van der Waals surface area contributed by atoms with Crippen molar-refractivity contribution in [2.45, 2.75) is 27.2 Å². The fourth-order valence-electron chi connectivity index (χ4n) is 3.61. The van der Waals surface area contributed by atoms with Gasteiger partial charge in [0.1, 0.15) is 0 Å². The predicted molar refractivity (Wildman–Crippen MR) is 91.8 cm³/mol. The van der Waals surface area contributed by atoms with Crippen LogP contribution in [-0.4, -0.2) is 16.1 Å². The number of fused-ring (bicyclic) bond motifs is 1. The van der Waals surface area contributed by atoms with Gasteiger partial charge >= 0.3 is 0 Å². The second-order valence-corrected chi connectivity index (χ2v) is 6.58. The van der Waals surface area contributed by atoms with Crippen molar-refractivity contribution >= 4 is 17.6 Å². The van der Waals surface area contributed by atoms with Crippen LogP contribution in [0.3, 0.4) is 0 Å². The molecule has 0 saturated heterocycles. The van der Waals surface area contributed by atoms with Gasteiger partial charge in [0, 0.05) is 25.2 Å². The number of aromatic nitrogens is 1. The molecule has 3 rings (SSSR count). The van der Waals surface area contributed by atoms with Gasteiger partial charge in [-0.1, -0.05) is 36.4 Å². The van der Waals surface area contributed by atoms with E-state index in [1.807, 2.05) is 67.9 Å². The standard InChI is InChI=1S/C20H21NO2/c1-13-16-12-20(3,19(23)15-8-6-5-7-9-15)11-10-17(16)21(4)18(13)14(2)22/h5-11H,12H2,1-4H3. The normalized spacial score (nSPS) is 19.5. The van der Waals surface area contributed by atoms with Crippen molar-refractivity contribution in [1.29, 1.82) is 0 Å². The Balaban J connectivity index is 2.05. The Bertz CT molecular complexity index is 827. The summed E-state index contributed by atoms with van der Waals surface area (Å²) in [6, 6.07) is 9.40. The molecule has 0 spiro atoms. The minimum absolute atomic E-state index is 0.0592. The molecule has 3 heteroatoms. The Morgan fingerprint density at radius 3 is 2.43 bits per heavy atom. The molecule has 0 aliphatic heterocycles. The number of hydrogen-bond donors (Lipinski definition) is 0. The van der Waals surface area contributed by atoms with Gasteiger partial charge in [-0.3, -0.25) is 9.59 Å². The van der Waals surface area contributed by atoms with Crippen molar-refractivity contribution in [3.05, 3.63) is 64.5 Å². The van der Waals surface area contributed by atoms with Crippen LogP contribution in [-0.2, 0) is 13.5 Å². The maximum Gasteiger partial charge on any atom is 0.176 e. The van der Waals surface area contributed by atoms with E-state index in [2.05, 4.69) is 0 Å². The first-order chi connectivity index (χ1) is 10.8. The Morgan fingerprint density at radius 2 is 1.83 bits per heavy atom. The first-order valence-corrected chi connectivity index (χ1v) is 7.83. The van der Waals surface area contributed by atoms with Crippen LogP contribution in [0, 0.1) is 12.3 Å². The lowest BCUT2D eigenvalue weighted by molar-refractivity contribution is 0.0868. The third kappa shape index (κ3) is 2.37. The Morgan fingerprint density at radius 1 is 1.17 bits per heavy atom. The predicted octanol–water partition coefficient (Wildman–Crippen LogP) is 3.99. The average molecular weight is 307 g/mol. The lowest BCUT2D eigenvalue weighted by atomic mass is 9.73. The average Bonchev–Trinajstić information content (AvgIpc) is 2.78. The van der Waals surface area contributed by atoms with Crippen LogP contribution in [0.2, 0.25) is 0 Å². The highest BCUT2D eigenvalue weighted by Gasteiger charge is 2.36. The summed E-state index contributed by atoms with van der Waals surface area (Å²) in [6.07, 6.45) is 4.59. The van der Waals surface area contributed by atoms with E-state index in [0.29, 0.717) is 6.42 Å². The highest BCUT2D eigenvalue weighted by molar-refractivity contribution is 6.03. The quantitative estimate of drug-likeness (QED) is 0.804. The highest BCUT2D eigenvalue weighted by Crippen LogP contribution is 2.38. The summed E-state index contributed by atoms with van der Waals surface area (Å²) < 4.78 is 1.94. The monoisotopic (exact) mass is 307 g/mol. The van der Waals surface area contributed by atoms with Crippen LogP contribution in [0.4, 0.5) is 0 Å². The summed E-state index contributed by atoms with van der Waals surface area (Å²) >= 11 is 0. The number of benzene rings is 1. The molecular formula is C20H21NO2. The molecule has 1 heterocycles. The smallest absolute Gasteiger partial charge is 0.176 e. The zero-order valence-electron chi connectivity index (χ0n) is 14.0. The van der Waals surface area contributed by atoms with Crippen molar-refractivity contribution in [2.24, 2.45) is 12.5 Å². The molecule has 2 aromatic rings. The first kappa shape index (κ1) is 15.5. The number of hydrogen-bond acceptors (Lipinski definition) is 2. The molecule has 0 fully saturated rings. The van der Waals surface area contributed by atoms with E-state index in [1.54, 1.807) is 6.92 Å². The number of allylic oxidation sites excluding steroid dienone is 1. The number of ketones is 2. The summed E-state index contributed by atoms with van der Waals surface area (Å²) in [6.45, 7) is 5.54. The topological polar surface area (TPSA) is 39.1 Å². The molecule has 1 aliphatic rings. The molecule has 1 aromatic carbocycles. The number of carbonyl (C=O) groups excluding carboxylic acids is 2. The lowest BCUT2D eigenvalue weighted by Gasteiger charge is -2.28. The third-order valence-electron chi connectivity index (χ3n) is 4.86. The SMILES string of the molecule is CC(=O)c1c(C)c2c(n1C)C=CC(C)(C(=O)c1ccccc1)C2. The van der Waals surface area contributed by atoms with Crippen LogP contribution < -0.4 is 0 Å². The van der Waals surface area contributed by atoms with Gasteiger partial charge in [-0.05, 0) is 37.5 Å². The molecule has 1 aliphatic carbocycles. The Kier molecular flexibility index (Phi) is 3.59. The van der Waals surface area contributed by atoms with Gasteiger partial charge in [-0.15, -0.1) is 0 Å². The van der Waals surface area contributed by atoms with Crippen LogP contribution in [0.1, 0.15) is 51.5 Å². The first-order valence-electron chi connectivity index (χ1n) is 7.83. The molecule has 0 saturated carbocycles. The minimum Gasteiger partial charge on any atom is -0.341 e. The molecule has 1 unspecified atom stereocenters. The summed E-state index contributed by atoms with van der Waals surface area (Å²) in [5.41, 5.74) is 4.01. The molecular weight excluding hydrogens is 286 g/mol. The maximum absolute atomic E-state index is 12.9. The van der Waals surface area contributed by atoms with E-state index >= 15 is 0 Å². The van der Waals surface area contributed by atoms with E-state index in [0.717, 1.165) is 28.1 Å². The zero-order valence-corrected chi connectivity index (χ0v) is 14.0. The van der Waals surface area contributed by atoms with Crippen molar-refractivity contribution in [1.82, 2.24) is 4.57 Å². The van der Waals surface area contributed by atoms with Gasteiger partial charge in [-0.25, -0.2) is 0 Å². The molecule has 3 nitrogen and oxygen atoms in total. The number of carbonyl (C=O) groups is 2. The van der Waals surface area contributed by atoms with Gasteiger partial charge in [0.15, 0.2) is 11.6 Å². The molecule has 0 bridgehead atoms. The van der Waals surface area contributed by atoms with E-state index < -0.39 is 5.41 Å². The minimum atomic E-state index is -0.575. The van der Waals surface area contributed by atoms with Crippen LogP contribution in [0.15, 0.2) is 36.4 Å². The summed E-state index contributed by atoms with van der Waals surface area (Å²) in [4.78, 5) is 24.9. The number of Topliss-reactive ketones (excluding diaryl/α,β-unsaturated/α-hetero) is 2. The van der Waals surface area contributed by atoms with Crippen molar-refractivity contribution < 1.29 is 9.59 Å². The summed E-state index contributed by atoms with van der Waals surface area (Å²) in [5.74, 6) is 0.177. The van der Waals surface area contributed by atoms with Gasteiger partial charge in [0.2, 0.25) is 0 Å². The van der Waals surface area contributed by atoms with Crippen molar-refractivity contribution in [2.75, 3.05) is 0 Å². The largest absolute Gasteiger partial charge is 0.341 e. The molecule has 118 valence electrons. The molecule has 23 heavy (non-hydrogen) atoms. The van der Waals surface area contributed by atoms with Crippen LogP contribution >= 0.6 is 0 Å². The molecule has 1 aromatic heterocycles. The zero-order chi connectivity index (χ0) is 16.8. The third-order valence-corrected chi connectivity index (χ3v) is 4.86. The fraction of sp³-hybridized carbons (Fsp3) is 0.300. The highest BCUT2D eigenvalue weighted by atomic mass is 16.1. The van der Waals surface area contributed by atoms with E-state index in [9.17, 15) is 9.59 Å². The Hall–Kier alpha value is -2.42. The van der Waals surface area contributed by atoms with E-state index in [-0.39, 0.29) is 11.6 Å². The van der Waals surface area contributed by atoms with Gasteiger partial charge < -0.3 is 4.57 Å². The molecule has 0 amide bonds. The second-order valence-electron chi connectivity index (χ2n) is 6.58. The summed E-state index contributed by atoms with van der Waals surface area (Å²) in [5, 5.41) is 0. The van der Waals surface area contributed by atoms with E-state index in [4.69, 9.17) is 0 Å². The van der Waals surface area contributed by atoms with Crippen molar-refractivity contribution in [3.8, 4) is 0 Å². The molecule has 1 atom stereocenters. The maximum atomic E-state index is 12.9. The summed E-state index contributed by atoms with van der Waals surface area (Å²) in [7, 11) is 1.91. The van der Waals surface area contributed by atoms with Crippen molar-refractivity contribution in [3.63, 3.8) is 0 Å². The van der Waals surface area contributed by atoms with Gasteiger partial charge in [0.25, 0.3) is 0 Å². The Labute approximate surface area is 136 Å². The van der Waals surface area contributed by atoms with Crippen LogP contribution in [0.25, 0.3) is 6.08 Å². The van der Waals surface area contributed by atoms with Gasteiger partial charge in [-0.2, -0.15) is 0 Å². The molecule has 0 radical (unpaired) electrons. The molecule has 0 N–H and O–H groups in total. The van der Waals surface area contributed by atoms with Crippen LogP contribution in [0.5, 0.6) is 0 Å².